The van der Waals surface area contributed by atoms with Gasteiger partial charge < -0.3 is 0 Å². The molecule has 0 nitrogen and oxygen atoms in total. The minimum absolute atomic E-state index is 0.175. The van der Waals surface area contributed by atoms with Crippen LogP contribution in [0, 0.1) is 0 Å². The molecule has 54 heavy (non-hydrogen) atoms. The van der Waals surface area contributed by atoms with Crippen LogP contribution in [0.1, 0.15) is 29.6 Å². The van der Waals surface area contributed by atoms with E-state index in [0.717, 1.165) is 0 Å². The normalized spacial score (nSPS) is 18.6. The van der Waals surface area contributed by atoms with Crippen LogP contribution in [0.25, 0.3) is 34.4 Å². The Bertz CT molecular complexity index is 2440. The van der Waals surface area contributed by atoms with Gasteiger partial charge in [-0.25, -0.2) is 0 Å². The molecule has 0 N–H and O–H groups in total. The monoisotopic (exact) mass is 920 g/mol. The molecule has 8 rings (SSSR count). The van der Waals surface area contributed by atoms with Crippen LogP contribution < -0.4 is 17.0 Å². The van der Waals surface area contributed by atoms with E-state index in [9.17, 15) is 0 Å². The van der Waals surface area contributed by atoms with Crippen molar-refractivity contribution in [3.8, 4) is 22.3 Å². The van der Waals surface area contributed by atoms with E-state index < -0.39 is 30.3 Å². The molecule has 6 aromatic rings. The molecule has 0 saturated carbocycles. The van der Waals surface area contributed by atoms with Gasteiger partial charge in [0.2, 0.25) is 0 Å². The Morgan fingerprint density at radius 2 is 0.778 bits per heavy atom. The molecular formula is C50H56HfSi3. The molecule has 0 aliphatic heterocycles. The molecule has 0 bridgehead atoms. The van der Waals surface area contributed by atoms with Crippen molar-refractivity contribution in [2.45, 2.75) is 56.0 Å². The molecule has 0 amide bonds. The van der Waals surface area contributed by atoms with Gasteiger partial charge in [0.25, 0.3) is 0 Å². The van der Waals surface area contributed by atoms with Crippen molar-refractivity contribution >= 4 is 52.3 Å². The molecule has 4 heteroatoms. The third-order valence-corrected chi connectivity index (χ3v) is 76.0. The number of fused-ring (bicyclic) bond motifs is 2. The van der Waals surface area contributed by atoms with Crippen molar-refractivity contribution in [1.82, 2.24) is 0 Å². The zero-order valence-corrected chi connectivity index (χ0v) is 40.5. The van der Waals surface area contributed by atoms with Crippen LogP contribution in [-0.4, -0.2) is 23.1 Å². The molecule has 2 aliphatic carbocycles. The van der Waals surface area contributed by atoms with Gasteiger partial charge >= 0.3 is 325 Å². The van der Waals surface area contributed by atoms with Crippen molar-refractivity contribution in [2.24, 2.45) is 0 Å². The quantitative estimate of drug-likeness (QED) is 0.134. The van der Waals surface area contributed by atoms with E-state index in [-0.39, 0.29) is 7.35 Å². The van der Waals surface area contributed by atoms with Crippen LogP contribution in [0.2, 0.25) is 48.6 Å². The van der Waals surface area contributed by atoms with Gasteiger partial charge in [0, 0.05) is 0 Å². The SMILES string of the molecule is C[Si](C)(C)c1ccc(-c2cccc3c2C=C[CH]3[Hf]([CH3])([CH3])(=[SiH2])([c]2ccccc2)([c]2ccccc2)[CH]2C=Cc3c(-c4ccc([Si](C)(C)C)cc4)cccc32)cc1. The molecule has 2 unspecified atom stereocenters. The maximum atomic E-state index is 2.81. The van der Waals surface area contributed by atoms with E-state index in [4.69, 9.17) is 0 Å². The Morgan fingerprint density at radius 1 is 0.426 bits per heavy atom. The van der Waals surface area contributed by atoms with Gasteiger partial charge in [-0.1, -0.05) is 0 Å². The summed E-state index contributed by atoms with van der Waals surface area (Å²) in [7, 11) is -2.82. The summed E-state index contributed by atoms with van der Waals surface area (Å²) < 4.78 is 8.98. The standard InChI is InChI=1S/2C18H19Si.2C6H5.2CH3.Hf.H2Si/c2*1-19(2,3)16-12-10-15(11-13-16)18-9-5-7-14-6-4-8-17(14)18;2*1-2-4-6-5-3-1;;;;/h2*4-13H,1-3H3;2*1-5H;2*1H3;;1H2. The summed E-state index contributed by atoms with van der Waals surface area (Å²) >= 11 is -5.98. The maximum absolute atomic E-state index is 5.98. The van der Waals surface area contributed by atoms with E-state index >= 15 is 0 Å². The Kier molecular flexibility index (Phi) is 8.05. The van der Waals surface area contributed by atoms with Gasteiger partial charge in [-0.2, -0.15) is 0 Å². The summed E-state index contributed by atoms with van der Waals surface area (Å²) in [5.74, 6) is 0. The summed E-state index contributed by atoms with van der Waals surface area (Å²) in [4.78, 5) is 0. The van der Waals surface area contributed by atoms with Crippen molar-refractivity contribution in [2.75, 3.05) is 0 Å². The second-order valence-electron chi connectivity index (χ2n) is 20.7. The predicted octanol–water partition coefficient (Wildman–Crippen LogP) is 11.0. The molecule has 2 atom stereocenters. The number of allylic oxidation sites excluding steroid dienone is 2. The topological polar surface area (TPSA) is 0 Å². The molecule has 6 aromatic carbocycles. The molecule has 0 aromatic heterocycles. The molecule has 0 heterocycles. The first-order valence-corrected chi connectivity index (χ1v) is 50.1. The first kappa shape index (κ1) is 37.3. The second kappa shape index (κ2) is 11.7. The predicted molar refractivity (Wildman–Crippen MR) is 246 cm³/mol. The van der Waals surface area contributed by atoms with Gasteiger partial charge in [-0.05, 0) is 0 Å². The van der Waals surface area contributed by atoms with Crippen LogP contribution in [0.15, 0.2) is 158 Å². The summed E-state index contributed by atoms with van der Waals surface area (Å²) in [6.07, 6.45) is 10.2. The third-order valence-electron chi connectivity index (χ3n) is 14.7. The summed E-state index contributed by atoms with van der Waals surface area (Å²) in [6.45, 7) is 17.0. The van der Waals surface area contributed by atoms with Crippen LogP contribution in [0.3, 0.4) is 0 Å². The van der Waals surface area contributed by atoms with Gasteiger partial charge in [0.1, 0.15) is 0 Å². The summed E-state index contributed by atoms with van der Waals surface area (Å²) in [6, 6.07) is 56.8. The van der Waals surface area contributed by atoms with E-state index in [1.165, 1.54) is 61.5 Å². The van der Waals surface area contributed by atoms with Crippen LogP contribution in [0.5, 0.6) is 0 Å². The van der Waals surface area contributed by atoms with Crippen LogP contribution >= 0.6 is 0 Å². The summed E-state index contributed by atoms with van der Waals surface area (Å²) in [5.41, 5.74) is 10.9. The molecule has 0 saturated heterocycles. The molecule has 272 valence electrons. The fourth-order valence-electron chi connectivity index (χ4n) is 11.0. The van der Waals surface area contributed by atoms with E-state index in [2.05, 4.69) is 225 Å². The van der Waals surface area contributed by atoms with E-state index in [1.54, 1.807) is 0 Å². The van der Waals surface area contributed by atoms with E-state index in [0.29, 0.717) is 0 Å². The second-order valence-corrected chi connectivity index (χ2v) is 99.4. The van der Waals surface area contributed by atoms with Crippen molar-refractivity contribution in [1.29, 1.82) is 0 Å². The average molecular weight is 920 g/mol. The zero-order chi connectivity index (χ0) is 38.3. The number of hydrogen-bond donors (Lipinski definition) is 0. The Labute approximate surface area is 322 Å². The average Bonchev–Trinajstić information content (AvgIpc) is 3.83. The van der Waals surface area contributed by atoms with Gasteiger partial charge in [0.15, 0.2) is 0 Å². The van der Waals surface area contributed by atoms with Crippen molar-refractivity contribution < 1.29 is 14.2 Å². The fourth-order valence-corrected chi connectivity index (χ4v) is 60.6. The van der Waals surface area contributed by atoms with Gasteiger partial charge in [-0.3, -0.25) is 0 Å². The fraction of sp³-hybridized carbons (Fsp3) is 0.200. The number of rotatable bonds is 8. The number of benzene rings is 6. The number of hydrogen-bond acceptors (Lipinski definition) is 0. The molecule has 0 spiro atoms. The summed E-state index contributed by atoms with van der Waals surface area (Å²) in [5, 5.41) is 3.00. The molecule has 0 radical (unpaired) electrons. The first-order valence-electron chi connectivity index (χ1n) is 19.9. The Hall–Kier alpha value is -3.68. The van der Waals surface area contributed by atoms with Crippen molar-refractivity contribution in [3.05, 3.63) is 180 Å². The minimum atomic E-state index is -5.98. The third kappa shape index (κ3) is 5.05. The Morgan fingerprint density at radius 3 is 1.11 bits per heavy atom. The molecular weight excluding hydrogens is 863 g/mol. The Balaban J connectivity index is 1.42. The van der Waals surface area contributed by atoms with Crippen LogP contribution in [-0.2, 0) is 14.2 Å². The van der Waals surface area contributed by atoms with Gasteiger partial charge in [-0.15, -0.1) is 0 Å². The van der Waals surface area contributed by atoms with Crippen molar-refractivity contribution in [3.63, 3.8) is 0 Å². The zero-order valence-electron chi connectivity index (χ0n) is 33.5. The van der Waals surface area contributed by atoms with Crippen LogP contribution in [0.4, 0.5) is 0 Å². The van der Waals surface area contributed by atoms with E-state index in [1.807, 2.05) is 0 Å². The molecule has 0 fully saturated rings. The van der Waals surface area contributed by atoms with Gasteiger partial charge in [0.05, 0.1) is 0 Å². The first-order chi connectivity index (χ1) is 25.4. The molecule has 2 aliphatic rings.